The number of aromatic nitrogens is 2. The fourth-order valence-electron chi connectivity index (χ4n) is 3.30. The van der Waals surface area contributed by atoms with Gasteiger partial charge in [-0.25, -0.2) is 8.91 Å². The molecule has 0 saturated heterocycles. The molecule has 2 aromatic carbocycles. The summed E-state index contributed by atoms with van der Waals surface area (Å²) < 4.78 is 15.7. The van der Waals surface area contributed by atoms with Gasteiger partial charge in [-0.15, -0.1) is 0 Å². The predicted octanol–water partition coefficient (Wildman–Crippen LogP) is 5.17. The van der Waals surface area contributed by atoms with Crippen molar-refractivity contribution in [1.29, 1.82) is 0 Å². The van der Waals surface area contributed by atoms with Gasteiger partial charge in [-0.05, 0) is 48.6 Å². The fourth-order valence-corrected chi connectivity index (χ4v) is 3.30. The molecule has 0 unspecified atom stereocenters. The second kappa shape index (κ2) is 4.66. The molecule has 1 fully saturated rings. The molecule has 3 heteroatoms. The molecule has 0 radical (unpaired) electrons. The molecule has 1 aliphatic rings. The summed E-state index contributed by atoms with van der Waals surface area (Å²) in [5.41, 5.74) is 4.32. The second-order valence-corrected chi connectivity index (χ2v) is 6.27. The third-order valence-electron chi connectivity index (χ3n) is 4.61. The van der Waals surface area contributed by atoms with Crippen molar-refractivity contribution in [3.8, 4) is 11.3 Å². The van der Waals surface area contributed by atoms with Gasteiger partial charge < -0.3 is 0 Å². The van der Waals surface area contributed by atoms with Gasteiger partial charge in [-0.2, -0.15) is 5.10 Å². The van der Waals surface area contributed by atoms with E-state index in [4.69, 9.17) is 5.10 Å². The summed E-state index contributed by atoms with van der Waals surface area (Å²) in [6.45, 7) is 0. The van der Waals surface area contributed by atoms with Crippen molar-refractivity contribution in [2.24, 2.45) is 0 Å². The van der Waals surface area contributed by atoms with Crippen LogP contribution < -0.4 is 0 Å². The summed E-state index contributed by atoms with van der Waals surface area (Å²) in [6.07, 6.45) is 2.38. The molecular weight excluding hydrogens is 287 g/mol. The van der Waals surface area contributed by atoms with Gasteiger partial charge in [-0.3, -0.25) is 0 Å². The van der Waals surface area contributed by atoms with Crippen LogP contribution in [0.1, 0.15) is 24.5 Å². The van der Waals surface area contributed by atoms with E-state index in [0.29, 0.717) is 5.92 Å². The summed E-state index contributed by atoms with van der Waals surface area (Å²) in [6, 6.07) is 19.4. The largest absolute Gasteiger partial charge is 0.236 e. The fraction of sp³-hybridized carbons (Fsp3) is 0.150. The van der Waals surface area contributed by atoms with Gasteiger partial charge in [0.2, 0.25) is 0 Å². The Hall–Kier alpha value is -2.68. The molecule has 2 nitrogen and oxygen atoms in total. The number of benzene rings is 2. The van der Waals surface area contributed by atoms with Crippen LogP contribution in [0.25, 0.3) is 27.5 Å². The zero-order valence-corrected chi connectivity index (χ0v) is 12.5. The molecule has 1 aliphatic carbocycles. The van der Waals surface area contributed by atoms with Gasteiger partial charge in [-0.1, -0.05) is 30.3 Å². The highest BCUT2D eigenvalue weighted by Gasteiger charge is 2.27. The van der Waals surface area contributed by atoms with Crippen LogP contribution in [0.3, 0.4) is 0 Å². The normalized spacial score (nSPS) is 14.7. The number of halogens is 1. The molecule has 0 N–H and O–H groups in total. The van der Waals surface area contributed by atoms with Gasteiger partial charge in [0, 0.05) is 22.6 Å². The molecule has 2 aromatic heterocycles. The van der Waals surface area contributed by atoms with E-state index in [0.717, 1.165) is 27.5 Å². The molecule has 0 spiro atoms. The first-order valence-corrected chi connectivity index (χ1v) is 7.97. The summed E-state index contributed by atoms with van der Waals surface area (Å²) in [5.74, 6) is 0.361. The summed E-state index contributed by atoms with van der Waals surface area (Å²) >= 11 is 0. The molecule has 0 amide bonds. The maximum atomic E-state index is 13.6. The van der Waals surface area contributed by atoms with E-state index < -0.39 is 0 Å². The lowest BCUT2D eigenvalue weighted by Gasteiger charge is -2.07. The van der Waals surface area contributed by atoms with E-state index >= 15 is 0 Å². The minimum atomic E-state index is -0.189. The smallest absolute Gasteiger partial charge is 0.123 e. The molecule has 112 valence electrons. The molecule has 0 bridgehead atoms. The van der Waals surface area contributed by atoms with Gasteiger partial charge in [0.15, 0.2) is 0 Å². The lowest BCUT2D eigenvalue weighted by Crippen LogP contribution is -1.98. The number of rotatable bonds is 2. The number of nitrogens with zero attached hydrogens (tertiary/aromatic N) is 2. The van der Waals surface area contributed by atoms with Crippen LogP contribution in [0.15, 0.2) is 60.7 Å². The standard InChI is InChI=1S/C20H15FN2/c21-16-8-9-17-15(10-16)11-19(14-6-7-14)23-20(17)12-18(22-23)13-4-2-1-3-5-13/h1-5,8-12,14H,6-7H2. The summed E-state index contributed by atoms with van der Waals surface area (Å²) in [5, 5.41) is 6.84. The molecule has 1 saturated carbocycles. The van der Waals surface area contributed by atoms with Crippen LogP contribution >= 0.6 is 0 Å². The van der Waals surface area contributed by atoms with Crippen LogP contribution in [0.5, 0.6) is 0 Å². The Balaban J connectivity index is 1.85. The highest BCUT2D eigenvalue weighted by Crippen LogP contribution is 2.42. The van der Waals surface area contributed by atoms with Gasteiger partial charge >= 0.3 is 0 Å². The van der Waals surface area contributed by atoms with Crippen molar-refractivity contribution in [3.05, 3.63) is 72.2 Å². The quantitative estimate of drug-likeness (QED) is 0.499. The van der Waals surface area contributed by atoms with Crippen LogP contribution in [-0.2, 0) is 0 Å². The highest BCUT2D eigenvalue weighted by molar-refractivity contribution is 5.97. The Labute approximate surface area is 133 Å². The SMILES string of the molecule is Fc1ccc2c(c1)cc(C1CC1)n1nc(-c3ccccc3)cc21. The van der Waals surface area contributed by atoms with E-state index in [1.54, 1.807) is 6.07 Å². The second-order valence-electron chi connectivity index (χ2n) is 6.27. The van der Waals surface area contributed by atoms with Crippen molar-refractivity contribution in [2.45, 2.75) is 18.8 Å². The maximum Gasteiger partial charge on any atom is 0.123 e. The minimum Gasteiger partial charge on any atom is -0.236 e. The molecule has 2 heterocycles. The number of hydrogen-bond acceptors (Lipinski definition) is 1. The number of fused-ring (bicyclic) bond motifs is 3. The molecule has 0 atom stereocenters. The van der Waals surface area contributed by atoms with E-state index in [1.165, 1.54) is 24.6 Å². The van der Waals surface area contributed by atoms with E-state index in [1.807, 2.05) is 24.3 Å². The average Bonchev–Trinajstić information content (AvgIpc) is 3.32. The highest BCUT2D eigenvalue weighted by atomic mass is 19.1. The predicted molar refractivity (Wildman–Crippen MR) is 90.1 cm³/mol. The zero-order chi connectivity index (χ0) is 15.4. The number of pyridine rings is 1. The van der Waals surface area contributed by atoms with Crippen LogP contribution in [-0.4, -0.2) is 9.61 Å². The van der Waals surface area contributed by atoms with Crippen molar-refractivity contribution in [1.82, 2.24) is 9.61 Å². The topological polar surface area (TPSA) is 17.3 Å². The van der Waals surface area contributed by atoms with Crippen LogP contribution in [0.2, 0.25) is 0 Å². The molecule has 5 rings (SSSR count). The van der Waals surface area contributed by atoms with Gasteiger partial charge in [0.1, 0.15) is 5.82 Å². The third kappa shape index (κ3) is 2.04. The Morgan fingerprint density at radius 2 is 1.78 bits per heavy atom. The molecule has 4 aromatic rings. The van der Waals surface area contributed by atoms with Crippen molar-refractivity contribution in [3.63, 3.8) is 0 Å². The summed E-state index contributed by atoms with van der Waals surface area (Å²) in [4.78, 5) is 0. The first kappa shape index (κ1) is 12.8. The first-order chi connectivity index (χ1) is 11.3. The van der Waals surface area contributed by atoms with E-state index in [2.05, 4.69) is 28.8 Å². The lowest BCUT2D eigenvalue weighted by molar-refractivity contribution is 0.629. The Kier molecular flexibility index (Phi) is 2.60. The molecular formula is C20H15FN2. The molecule has 23 heavy (non-hydrogen) atoms. The van der Waals surface area contributed by atoms with Crippen molar-refractivity contribution in [2.75, 3.05) is 0 Å². The van der Waals surface area contributed by atoms with Gasteiger partial charge in [0.25, 0.3) is 0 Å². The van der Waals surface area contributed by atoms with Crippen LogP contribution in [0.4, 0.5) is 4.39 Å². The maximum absolute atomic E-state index is 13.6. The Bertz CT molecular complexity index is 1030. The Morgan fingerprint density at radius 1 is 0.957 bits per heavy atom. The van der Waals surface area contributed by atoms with Gasteiger partial charge in [0.05, 0.1) is 11.2 Å². The lowest BCUT2D eigenvalue weighted by atomic mass is 10.1. The minimum absolute atomic E-state index is 0.189. The van der Waals surface area contributed by atoms with Crippen LogP contribution in [0, 0.1) is 5.82 Å². The third-order valence-corrected chi connectivity index (χ3v) is 4.61. The molecule has 0 aliphatic heterocycles. The zero-order valence-electron chi connectivity index (χ0n) is 12.5. The number of hydrogen-bond donors (Lipinski definition) is 0. The Morgan fingerprint density at radius 3 is 2.57 bits per heavy atom. The monoisotopic (exact) mass is 302 g/mol. The van der Waals surface area contributed by atoms with Crippen molar-refractivity contribution < 1.29 is 4.39 Å². The van der Waals surface area contributed by atoms with E-state index in [9.17, 15) is 4.39 Å². The van der Waals surface area contributed by atoms with Crippen molar-refractivity contribution >= 4 is 16.3 Å². The van der Waals surface area contributed by atoms with E-state index in [-0.39, 0.29) is 5.82 Å². The first-order valence-electron chi connectivity index (χ1n) is 7.97. The summed E-state index contributed by atoms with van der Waals surface area (Å²) in [7, 11) is 0. The average molecular weight is 302 g/mol.